The first-order chi connectivity index (χ1) is 19.2. The molecule has 0 bridgehead atoms. The minimum atomic E-state index is -3.41. The van der Waals surface area contributed by atoms with Crippen molar-refractivity contribution in [1.82, 2.24) is 23.6 Å². The van der Waals surface area contributed by atoms with Crippen molar-refractivity contribution in [3.63, 3.8) is 0 Å². The van der Waals surface area contributed by atoms with Gasteiger partial charge in [0.1, 0.15) is 11.3 Å². The van der Waals surface area contributed by atoms with E-state index in [1.165, 1.54) is 14.7 Å². The third-order valence-electron chi connectivity index (χ3n) is 6.39. The van der Waals surface area contributed by atoms with Crippen LogP contribution in [0.3, 0.4) is 0 Å². The Bertz CT molecular complexity index is 1630. The van der Waals surface area contributed by atoms with E-state index in [1.807, 2.05) is 30.3 Å². The maximum Gasteiger partial charge on any atom is 0.281 e. The maximum atomic E-state index is 12.4. The number of anilines is 4. The molecule has 1 aliphatic rings. The third kappa shape index (κ3) is 5.91. The molecule has 4 aromatic rings. The molecule has 208 valence electrons. The molecule has 2 aromatic heterocycles. The normalized spacial score (nSPS) is 14.3. The molecular formula is C27H30N8O4S. The molecule has 5 rings (SSSR count). The summed E-state index contributed by atoms with van der Waals surface area (Å²) >= 11 is 0. The third-order valence-corrected chi connectivity index (χ3v) is 8.33. The van der Waals surface area contributed by atoms with Gasteiger partial charge in [-0.15, -0.1) is 0 Å². The lowest BCUT2D eigenvalue weighted by Gasteiger charge is -2.36. The highest BCUT2D eigenvalue weighted by Gasteiger charge is 2.28. The summed E-state index contributed by atoms with van der Waals surface area (Å²) in [5, 5.41) is 5.94. The van der Waals surface area contributed by atoms with E-state index in [2.05, 4.69) is 37.1 Å². The first kappa shape index (κ1) is 27.1. The van der Waals surface area contributed by atoms with Gasteiger partial charge in [-0.2, -0.15) is 22.0 Å². The molecule has 3 N–H and O–H groups in total. The number of H-pyrrole nitrogens is 1. The molecule has 0 aliphatic carbocycles. The number of ether oxygens (including phenoxy) is 1. The van der Waals surface area contributed by atoms with Crippen LogP contribution in [0.4, 0.5) is 23.0 Å². The van der Waals surface area contributed by atoms with Gasteiger partial charge in [-0.25, -0.2) is 4.98 Å². The molecule has 0 unspecified atom stereocenters. The molecule has 1 fully saturated rings. The Balaban J connectivity index is 1.29. The number of fused-ring (bicyclic) bond motifs is 1. The fraction of sp³-hybridized carbons (Fsp3) is 0.222. The van der Waals surface area contributed by atoms with E-state index in [9.17, 15) is 13.2 Å². The first-order valence-electron chi connectivity index (χ1n) is 12.6. The summed E-state index contributed by atoms with van der Waals surface area (Å²) in [6.45, 7) is 5.53. The van der Waals surface area contributed by atoms with Crippen LogP contribution in [0.15, 0.2) is 73.4 Å². The average Bonchev–Trinajstić information content (AvgIpc) is 3.43. The number of hydrogen-bond donors (Lipinski definition) is 3. The Morgan fingerprint density at radius 3 is 2.50 bits per heavy atom. The summed E-state index contributed by atoms with van der Waals surface area (Å²) in [4.78, 5) is 26.1. The number of rotatable bonds is 9. The summed E-state index contributed by atoms with van der Waals surface area (Å²) in [7, 11) is -0.316. The molecule has 0 radical (unpaired) electrons. The van der Waals surface area contributed by atoms with Crippen molar-refractivity contribution in [2.45, 2.75) is 0 Å². The molecule has 1 aliphatic heterocycles. The van der Waals surface area contributed by atoms with E-state index in [4.69, 9.17) is 4.74 Å². The predicted octanol–water partition coefficient (Wildman–Crippen LogP) is 3.55. The van der Waals surface area contributed by atoms with Crippen LogP contribution in [0.5, 0.6) is 11.6 Å². The van der Waals surface area contributed by atoms with E-state index in [-0.39, 0.29) is 5.91 Å². The number of benzene rings is 2. The Morgan fingerprint density at radius 1 is 1.05 bits per heavy atom. The maximum absolute atomic E-state index is 12.4. The summed E-state index contributed by atoms with van der Waals surface area (Å²) in [5.41, 5.74) is 3.66. The van der Waals surface area contributed by atoms with Crippen LogP contribution in [-0.2, 0) is 15.0 Å². The number of piperazine rings is 1. The number of nitrogens with zero attached hydrogens (tertiary/aromatic N) is 5. The van der Waals surface area contributed by atoms with E-state index in [0.717, 1.165) is 11.4 Å². The van der Waals surface area contributed by atoms with Gasteiger partial charge in [-0.05, 0) is 48.5 Å². The van der Waals surface area contributed by atoms with Gasteiger partial charge < -0.3 is 25.3 Å². The van der Waals surface area contributed by atoms with Crippen LogP contribution < -0.4 is 20.3 Å². The molecule has 0 spiro atoms. The van der Waals surface area contributed by atoms with Crippen molar-refractivity contribution in [2.24, 2.45) is 0 Å². The topological polar surface area (TPSA) is 136 Å². The van der Waals surface area contributed by atoms with Crippen LogP contribution in [0.1, 0.15) is 0 Å². The molecule has 1 amide bonds. The molecule has 0 atom stereocenters. The zero-order valence-corrected chi connectivity index (χ0v) is 23.0. The molecule has 13 heteroatoms. The second kappa shape index (κ2) is 11.3. The second-order valence-corrected chi connectivity index (χ2v) is 11.4. The van der Waals surface area contributed by atoms with Crippen molar-refractivity contribution in [2.75, 3.05) is 55.8 Å². The van der Waals surface area contributed by atoms with Crippen LogP contribution in [0.2, 0.25) is 0 Å². The van der Waals surface area contributed by atoms with Gasteiger partial charge >= 0.3 is 0 Å². The van der Waals surface area contributed by atoms with Crippen molar-refractivity contribution in [3.8, 4) is 11.6 Å². The van der Waals surface area contributed by atoms with Crippen molar-refractivity contribution in [3.05, 3.63) is 73.4 Å². The van der Waals surface area contributed by atoms with E-state index >= 15 is 0 Å². The molecule has 40 heavy (non-hydrogen) atoms. The Hall–Kier alpha value is -4.46. The summed E-state index contributed by atoms with van der Waals surface area (Å²) in [5.74, 6) is 0.855. The summed E-state index contributed by atoms with van der Waals surface area (Å²) < 4.78 is 33.6. The van der Waals surface area contributed by atoms with Crippen LogP contribution >= 0.6 is 0 Å². The number of amides is 1. The first-order valence-corrected chi connectivity index (χ1v) is 14.0. The fourth-order valence-electron chi connectivity index (χ4n) is 4.28. The number of nitrogens with one attached hydrogen (secondary N) is 3. The Morgan fingerprint density at radius 2 is 1.80 bits per heavy atom. The van der Waals surface area contributed by atoms with Gasteiger partial charge in [0.05, 0.1) is 5.52 Å². The van der Waals surface area contributed by atoms with Crippen molar-refractivity contribution >= 4 is 50.2 Å². The highest BCUT2D eigenvalue weighted by Crippen LogP contribution is 2.30. The fourth-order valence-corrected chi connectivity index (χ4v) is 5.37. The van der Waals surface area contributed by atoms with Crippen LogP contribution in [0, 0.1) is 0 Å². The quantitative estimate of drug-likeness (QED) is 0.264. The molecule has 3 heterocycles. The van der Waals surface area contributed by atoms with Gasteiger partial charge in [0, 0.05) is 69.6 Å². The number of aromatic nitrogens is 3. The van der Waals surface area contributed by atoms with Gasteiger partial charge in [0.15, 0.2) is 0 Å². The van der Waals surface area contributed by atoms with Gasteiger partial charge in [-0.3, -0.25) is 4.79 Å². The Labute approximate surface area is 232 Å². The number of carbonyl (C=O) groups is 1. The lowest BCUT2D eigenvalue weighted by Crippen LogP contribution is -2.51. The zero-order valence-electron chi connectivity index (χ0n) is 22.2. The molecule has 12 nitrogen and oxygen atoms in total. The predicted molar refractivity (Wildman–Crippen MR) is 155 cm³/mol. The minimum absolute atomic E-state index is 0.317. The average molecular weight is 563 g/mol. The van der Waals surface area contributed by atoms with Crippen molar-refractivity contribution in [1.29, 1.82) is 0 Å². The lowest BCUT2D eigenvalue weighted by molar-refractivity contribution is -0.111. The monoisotopic (exact) mass is 562 g/mol. The summed E-state index contributed by atoms with van der Waals surface area (Å²) in [6, 6.07) is 16.6. The number of carbonyl (C=O) groups excluding carboxylic acids is 1. The second-order valence-electron chi connectivity index (χ2n) is 9.26. The highest BCUT2D eigenvalue weighted by molar-refractivity contribution is 7.86. The van der Waals surface area contributed by atoms with Crippen LogP contribution in [-0.4, -0.2) is 78.2 Å². The van der Waals surface area contributed by atoms with Crippen LogP contribution in [0.25, 0.3) is 11.0 Å². The lowest BCUT2D eigenvalue weighted by atomic mass is 10.2. The smallest absolute Gasteiger partial charge is 0.281 e. The molecule has 2 aromatic carbocycles. The summed E-state index contributed by atoms with van der Waals surface area (Å²) in [6.07, 6.45) is 2.96. The minimum Gasteiger partial charge on any atom is -0.437 e. The van der Waals surface area contributed by atoms with E-state index < -0.39 is 10.2 Å². The van der Waals surface area contributed by atoms with Crippen molar-refractivity contribution < 1.29 is 17.9 Å². The van der Waals surface area contributed by atoms with Gasteiger partial charge in [0.2, 0.25) is 17.7 Å². The van der Waals surface area contributed by atoms with E-state index in [1.54, 1.807) is 44.6 Å². The Kier molecular flexibility index (Phi) is 7.69. The molecular weight excluding hydrogens is 532 g/mol. The zero-order chi connectivity index (χ0) is 28.3. The SMILES string of the molecule is C=CC(=O)Nc1cccc(Oc2nc(Nc3ccc(N4CCN(S(=O)(=O)N(C)C)CC4)cc3)nc3cc[nH]c23)c1. The van der Waals surface area contributed by atoms with Gasteiger partial charge in [0.25, 0.3) is 10.2 Å². The molecule has 1 saturated heterocycles. The van der Waals surface area contributed by atoms with E-state index in [0.29, 0.717) is 60.5 Å². The van der Waals surface area contributed by atoms with Gasteiger partial charge in [-0.1, -0.05) is 12.6 Å². The number of aromatic amines is 1. The highest BCUT2D eigenvalue weighted by atomic mass is 32.2. The molecule has 0 saturated carbocycles. The standard InChI is InChI=1S/C27H30N8O4S/c1-4-24(36)29-20-6-5-7-22(18-20)39-26-25-23(12-13-28-25)31-27(32-26)30-19-8-10-21(11-9-19)34-14-16-35(17-15-34)40(37,38)33(2)3/h4-13,18,28H,1,14-17H2,2-3H3,(H,29,36)(H,30,31,32). The largest absolute Gasteiger partial charge is 0.437 e. The number of hydrogen-bond acceptors (Lipinski definition) is 8.